The minimum atomic E-state index is -0.169. The number of rotatable bonds is 4. The molecule has 0 aromatic carbocycles. The summed E-state index contributed by atoms with van der Waals surface area (Å²) in [5.41, 5.74) is 6.00. The van der Waals surface area contributed by atoms with Gasteiger partial charge in [-0.2, -0.15) is 4.98 Å². The molecule has 0 aliphatic carbocycles. The molecule has 17 heavy (non-hydrogen) atoms. The summed E-state index contributed by atoms with van der Waals surface area (Å²) in [7, 11) is 0. The molecule has 6 heteroatoms. The highest BCUT2D eigenvalue weighted by Crippen LogP contribution is 2.19. The van der Waals surface area contributed by atoms with E-state index in [0.717, 1.165) is 19.5 Å². The van der Waals surface area contributed by atoms with Crippen LogP contribution in [0.5, 0.6) is 0 Å². The Morgan fingerprint density at radius 1 is 1.35 bits per heavy atom. The van der Waals surface area contributed by atoms with Crippen molar-refractivity contribution in [2.45, 2.75) is 26.3 Å². The first-order chi connectivity index (χ1) is 8.16. The molecule has 1 aromatic rings. The van der Waals surface area contributed by atoms with E-state index in [-0.39, 0.29) is 6.04 Å². The molecule has 96 valence electrons. The Morgan fingerprint density at radius 2 is 2.06 bits per heavy atom. The summed E-state index contributed by atoms with van der Waals surface area (Å²) in [4.78, 5) is 6.41. The zero-order valence-corrected chi connectivity index (χ0v) is 10.4. The van der Waals surface area contributed by atoms with E-state index in [4.69, 9.17) is 15.0 Å². The Hall–Kier alpha value is -1.14. The fourth-order valence-electron chi connectivity index (χ4n) is 1.88. The Morgan fingerprint density at radius 3 is 2.71 bits per heavy atom. The maximum absolute atomic E-state index is 6.00. The number of hydrogen-bond donors (Lipinski definition) is 1. The van der Waals surface area contributed by atoms with E-state index in [1.807, 2.05) is 0 Å². The average Bonchev–Trinajstić information content (AvgIpc) is 2.78. The van der Waals surface area contributed by atoms with Crippen molar-refractivity contribution in [1.29, 1.82) is 0 Å². The second-order valence-corrected chi connectivity index (χ2v) is 4.77. The van der Waals surface area contributed by atoms with Gasteiger partial charge in [0.1, 0.15) is 0 Å². The zero-order chi connectivity index (χ0) is 12.3. The van der Waals surface area contributed by atoms with Crippen molar-refractivity contribution in [2.75, 3.05) is 31.2 Å². The smallest absolute Gasteiger partial charge is 0.266 e. The van der Waals surface area contributed by atoms with Crippen LogP contribution < -0.4 is 10.6 Å². The van der Waals surface area contributed by atoms with Crippen molar-refractivity contribution in [2.24, 2.45) is 11.7 Å². The molecule has 0 amide bonds. The summed E-state index contributed by atoms with van der Waals surface area (Å²) in [6, 6.07) is -0.169. The topological polar surface area (TPSA) is 77.4 Å². The van der Waals surface area contributed by atoms with Gasteiger partial charge < -0.3 is 19.9 Å². The molecule has 0 saturated carbocycles. The summed E-state index contributed by atoms with van der Waals surface area (Å²) >= 11 is 0. The molecule has 1 aromatic heterocycles. The van der Waals surface area contributed by atoms with Gasteiger partial charge in [0.15, 0.2) is 0 Å². The van der Waals surface area contributed by atoms with Crippen LogP contribution in [-0.4, -0.2) is 36.4 Å². The van der Waals surface area contributed by atoms with Crippen LogP contribution in [0.15, 0.2) is 4.52 Å². The Kier molecular flexibility index (Phi) is 3.96. The third-order valence-electron chi connectivity index (χ3n) is 2.77. The first-order valence-electron chi connectivity index (χ1n) is 6.08. The summed E-state index contributed by atoms with van der Waals surface area (Å²) in [5, 5.41) is 3.97. The minimum absolute atomic E-state index is 0.169. The van der Waals surface area contributed by atoms with Gasteiger partial charge in [0.25, 0.3) is 5.95 Å². The van der Waals surface area contributed by atoms with Gasteiger partial charge >= 0.3 is 0 Å². The third-order valence-corrected chi connectivity index (χ3v) is 2.77. The fourth-order valence-corrected chi connectivity index (χ4v) is 1.88. The second kappa shape index (κ2) is 5.46. The van der Waals surface area contributed by atoms with Crippen LogP contribution in [0.25, 0.3) is 0 Å². The van der Waals surface area contributed by atoms with E-state index in [0.29, 0.717) is 31.0 Å². The van der Waals surface area contributed by atoms with Gasteiger partial charge in [-0.1, -0.05) is 13.8 Å². The number of ether oxygens (including phenoxy) is 1. The SMILES string of the molecule is CC(C)C[C@@H](N)c1nc(N2CCOCC2)no1. The maximum atomic E-state index is 6.00. The lowest BCUT2D eigenvalue weighted by Gasteiger charge is -2.24. The zero-order valence-electron chi connectivity index (χ0n) is 10.4. The van der Waals surface area contributed by atoms with E-state index in [2.05, 4.69) is 28.9 Å². The Balaban J connectivity index is 1.99. The molecule has 1 saturated heterocycles. The van der Waals surface area contributed by atoms with Gasteiger partial charge in [0.05, 0.1) is 19.3 Å². The van der Waals surface area contributed by atoms with Gasteiger partial charge in [-0.15, -0.1) is 0 Å². The number of aromatic nitrogens is 2. The van der Waals surface area contributed by atoms with Gasteiger partial charge in [0, 0.05) is 13.1 Å². The second-order valence-electron chi connectivity index (χ2n) is 4.77. The quantitative estimate of drug-likeness (QED) is 0.844. The summed E-state index contributed by atoms with van der Waals surface area (Å²) in [6.07, 6.45) is 0.852. The van der Waals surface area contributed by atoms with Crippen molar-refractivity contribution in [3.05, 3.63) is 5.89 Å². The molecule has 2 heterocycles. The number of nitrogens with zero attached hydrogens (tertiary/aromatic N) is 3. The molecule has 1 aliphatic rings. The molecule has 2 rings (SSSR count). The molecular weight excluding hydrogens is 220 g/mol. The van der Waals surface area contributed by atoms with Crippen LogP contribution in [0.4, 0.5) is 5.95 Å². The van der Waals surface area contributed by atoms with Gasteiger partial charge in [-0.05, 0) is 17.5 Å². The highest BCUT2D eigenvalue weighted by molar-refractivity contribution is 5.28. The highest BCUT2D eigenvalue weighted by Gasteiger charge is 2.20. The van der Waals surface area contributed by atoms with E-state index in [9.17, 15) is 0 Å². The first-order valence-corrected chi connectivity index (χ1v) is 6.08. The number of nitrogens with two attached hydrogens (primary N) is 1. The number of anilines is 1. The monoisotopic (exact) mass is 240 g/mol. The third kappa shape index (κ3) is 3.17. The van der Waals surface area contributed by atoms with Gasteiger partial charge in [0.2, 0.25) is 5.89 Å². The average molecular weight is 240 g/mol. The van der Waals surface area contributed by atoms with Crippen molar-refractivity contribution >= 4 is 5.95 Å². The lowest BCUT2D eigenvalue weighted by Crippen LogP contribution is -2.36. The molecule has 1 fully saturated rings. The van der Waals surface area contributed by atoms with Crippen LogP contribution in [0.2, 0.25) is 0 Å². The Labute approximate surface area is 101 Å². The van der Waals surface area contributed by atoms with Crippen LogP contribution >= 0.6 is 0 Å². The van der Waals surface area contributed by atoms with E-state index >= 15 is 0 Å². The normalized spacial score (nSPS) is 18.7. The molecule has 1 atom stereocenters. The molecule has 0 spiro atoms. The van der Waals surface area contributed by atoms with Crippen molar-refractivity contribution < 1.29 is 9.26 Å². The van der Waals surface area contributed by atoms with Crippen molar-refractivity contribution in [3.8, 4) is 0 Å². The molecule has 0 bridgehead atoms. The van der Waals surface area contributed by atoms with E-state index < -0.39 is 0 Å². The molecule has 2 N–H and O–H groups in total. The Bertz CT molecular complexity index is 347. The first kappa shape index (κ1) is 12.3. The minimum Gasteiger partial charge on any atom is -0.378 e. The molecule has 0 unspecified atom stereocenters. The van der Waals surface area contributed by atoms with Crippen LogP contribution in [0.1, 0.15) is 32.2 Å². The maximum Gasteiger partial charge on any atom is 0.266 e. The fraction of sp³-hybridized carbons (Fsp3) is 0.818. The standard InChI is InChI=1S/C11H20N4O2/c1-8(2)7-9(12)10-13-11(14-17-10)15-3-5-16-6-4-15/h8-9H,3-7,12H2,1-2H3/t9-/m1/s1. The lowest BCUT2D eigenvalue weighted by molar-refractivity contribution is 0.121. The largest absolute Gasteiger partial charge is 0.378 e. The summed E-state index contributed by atoms with van der Waals surface area (Å²) in [5.74, 6) is 1.67. The van der Waals surface area contributed by atoms with Crippen molar-refractivity contribution in [3.63, 3.8) is 0 Å². The highest BCUT2D eigenvalue weighted by atomic mass is 16.5. The van der Waals surface area contributed by atoms with Crippen LogP contribution in [0, 0.1) is 5.92 Å². The van der Waals surface area contributed by atoms with Crippen molar-refractivity contribution in [1.82, 2.24) is 10.1 Å². The van der Waals surface area contributed by atoms with Crippen LogP contribution in [-0.2, 0) is 4.74 Å². The summed E-state index contributed by atoms with van der Waals surface area (Å²) in [6.45, 7) is 7.28. The number of morpholine rings is 1. The summed E-state index contributed by atoms with van der Waals surface area (Å²) < 4.78 is 10.5. The van der Waals surface area contributed by atoms with Gasteiger partial charge in [-0.25, -0.2) is 0 Å². The van der Waals surface area contributed by atoms with Gasteiger partial charge in [-0.3, -0.25) is 0 Å². The van der Waals surface area contributed by atoms with E-state index in [1.54, 1.807) is 0 Å². The molecular formula is C11H20N4O2. The van der Waals surface area contributed by atoms with E-state index in [1.165, 1.54) is 0 Å². The lowest BCUT2D eigenvalue weighted by atomic mass is 10.0. The molecule has 0 radical (unpaired) electrons. The van der Waals surface area contributed by atoms with Crippen LogP contribution in [0.3, 0.4) is 0 Å². The molecule has 6 nitrogen and oxygen atoms in total. The predicted molar refractivity (Wildman–Crippen MR) is 63.7 cm³/mol. The predicted octanol–water partition coefficient (Wildman–Crippen LogP) is 0.952. The molecule has 1 aliphatic heterocycles. The number of hydrogen-bond acceptors (Lipinski definition) is 6.